The summed E-state index contributed by atoms with van der Waals surface area (Å²) in [5, 5.41) is 11.5. The van der Waals surface area contributed by atoms with E-state index in [1.807, 2.05) is 11.3 Å². The smallest absolute Gasteiger partial charge is 0.197 e. The minimum absolute atomic E-state index is 0.0575. The van der Waals surface area contributed by atoms with Gasteiger partial charge in [-0.2, -0.15) is 0 Å². The minimum Gasteiger partial charge on any atom is -0.456 e. The van der Waals surface area contributed by atoms with E-state index in [1.165, 1.54) is 108 Å². The van der Waals surface area contributed by atoms with Crippen molar-refractivity contribution in [3.8, 4) is 27.9 Å². The number of aromatic nitrogens is 1. The van der Waals surface area contributed by atoms with E-state index in [9.17, 15) is 0 Å². The maximum absolute atomic E-state index is 6.95. The van der Waals surface area contributed by atoms with E-state index in [-0.39, 0.29) is 21.7 Å². The van der Waals surface area contributed by atoms with Gasteiger partial charge in [0.25, 0.3) is 0 Å². The fourth-order valence-corrected chi connectivity index (χ4v) is 13.7. The molecule has 8 aromatic carbocycles. The van der Waals surface area contributed by atoms with Crippen LogP contribution in [0.3, 0.4) is 0 Å². The first kappa shape index (κ1) is 40.5. The highest BCUT2D eigenvalue weighted by molar-refractivity contribution is 7.25. The first-order chi connectivity index (χ1) is 32.5. The molecule has 1 N–H and O–H groups in total. The quantitative estimate of drug-likeness (QED) is 0.179. The molecule has 14 rings (SSSR count). The van der Waals surface area contributed by atoms with Crippen LogP contribution in [0.2, 0.25) is 0 Å². The Kier molecular flexibility index (Phi) is 7.96. The van der Waals surface area contributed by atoms with E-state index in [0.717, 1.165) is 46.3 Å². The molecule has 0 atom stereocenters. The van der Waals surface area contributed by atoms with Gasteiger partial charge in [-0.15, -0.1) is 11.3 Å². The summed E-state index contributed by atoms with van der Waals surface area (Å²) in [7, 11) is 2.50. The predicted molar refractivity (Wildman–Crippen MR) is 293 cm³/mol. The maximum atomic E-state index is 6.95. The molecule has 1 radical (unpaired) electrons. The molecule has 4 heterocycles. The number of hydrogen-bond donors (Lipinski definition) is 1. The van der Waals surface area contributed by atoms with Gasteiger partial charge in [-0.3, -0.25) is 0 Å². The molecule has 2 aliphatic carbocycles. The fourth-order valence-electron chi connectivity index (χ4n) is 12.6. The average Bonchev–Trinajstić information content (AvgIpc) is 4.02. The number of nitrogens with zero attached hydrogens (tertiary/aromatic N) is 1. The largest absolute Gasteiger partial charge is 0.456 e. The molecule has 0 saturated carbocycles. The van der Waals surface area contributed by atoms with Crippen molar-refractivity contribution >= 4 is 105 Å². The summed E-state index contributed by atoms with van der Waals surface area (Å²) in [5.41, 5.74) is 22.3. The second-order valence-corrected chi connectivity index (χ2v) is 24.2. The van der Waals surface area contributed by atoms with E-state index in [1.54, 1.807) is 0 Å². The number of rotatable bonds is 3. The highest BCUT2D eigenvalue weighted by Gasteiger charge is 2.40. The Bertz CT molecular complexity index is 4030. The molecular weight excluding hydrogens is 844 g/mol. The van der Waals surface area contributed by atoms with Crippen molar-refractivity contribution in [2.24, 2.45) is 0 Å². The van der Waals surface area contributed by atoms with Crippen LogP contribution in [0, 0.1) is 0 Å². The molecule has 11 aromatic rings. The highest BCUT2D eigenvalue weighted by atomic mass is 32.1. The summed E-state index contributed by atoms with van der Waals surface area (Å²) < 4.78 is 12.2. The van der Waals surface area contributed by atoms with Gasteiger partial charge in [0, 0.05) is 75.7 Å². The van der Waals surface area contributed by atoms with E-state index < -0.39 is 0 Å². The Balaban J connectivity index is 1.06. The Morgan fingerprint density at radius 1 is 0.559 bits per heavy atom. The second-order valence-electron chi connectivity index (χ2n) is 23.1. The van der Waals surface area contributed by atoms with Gasteiger partial charge in [-0.25, -0.2) is 0 Å². The molecular formula is C63H54BN2OS. The van der Waals surface area contributed by atoms with Gasteiger partial charge in [0.15, 0.2) is 7.28 Å². The Hall–Kier alpha value is -6.56. The van der Waals surface area contributed by atoms with Crippen molar-refractivity contribution in [2.45, 2.75) is 96.8 Å². The number of benzene rings is 8. The first-order valence-electron chi connectivity index (χ1n) is 24.5. The van der Waals surface area contributed by atoms with Crippen molar-refractivity contribution in [3.63, 3.8) is 0 Å². The molecule has 0 amide bonds. The molecule has 0 saturated heterocycles. The van der Waals surface area contributed by atoms with Crippen LogP contribution in [0.4, 0.5) is 11.4 Å². The second kappa shape index (κ2) is 13.4. The first-order valence-corrected chi connectivity index (χ1v) is 25.3. The van der Waals surface area contributed by atoms with Crippen LogP contribution in [0.1, 0.15) is 103 Å². The molecule has 5 heteroatoms. The van der Waals surface area contributed by atoms with Crippen molar-refractivity contribution < 1.29 is 4.42 Å². The molecule has 3 aromatic heterocycles. The van der Waals surface area contributed by atoms with Gasteiger partial charge >= 0.3 is 0 Å². The predicted octanol–water partition coefficient (Wildman–Crippen LogP) is 16.4. The van der Waals surface area contributed by atoms with Crippen molar-refractivity contribution in [1.29, 1.82) is 0 Å². The van der Waals surface area contributed by atoms with Gasteiger partial charge in [-0.1, -0.05) is 141 Å². The molecule has 0 spiro atoms. The zero-order valence-electron chi connectivity index (χ0n) is 40.5. The molecule has 3 aliphatic rings. The van der Waals surface area contributed by atoms with Gasteiger partial charge in [0.2, 0.25) is 0 Å². The van der Waals surface area contributed by atoms with Crippen LogP contribution in [0.5, 0.6) is 0 Å². The number of hydrogen-bond acceptors (Lipinski definition) is 3. The lowest BCUT2D eigenvalue weighted by Crippen LogP contribution is -2.37. The van der Waals surface area contributed by atoms with E-state index in [0.29, 0.717) is 0 Å². The summed E-state index contributed by atoms with van der Waals surface area (Å²) in [4.78, 5) is 0. The third-order valence-electron chi connectivity index (χ3n) is 16.6. The molecule has 0 unspecified atom stereocenters. The molecule has 0 bridgehead atoms. The molecule has 0 fully saturated rings. The molecule has 331 valence electrons. The van der Waals surface area contributed by atoms with Crippen LogP contribution >= 0.6 is 11.3 Å². The monoisotopic (exact) mass is 897 g/mol. The Morgan fingerprint density at radius 3 is 2.07 bits per heavy atom. The van der Waals surface area contributed by atoms with Gasteiger partial charge in [0.05, 0.1) is 11.2 Å². The van der Waals surface area contributed by atoms with E-state index in [2.05, 4.69) is 213 Å². The highest BCUT2D eigenvalue weighted by Crippen LogP contribution is 2.52. The standard InChI is InChI=1S/C63H54BN2OS/c1-60(2,3)34-18-20-35(21-19-34)65-51-33-55-43(44-27-48-49(32-54(44)67-55)62(6,7)25-24-61(48,4)5)26-41(51)38-22-23-39-42-30-57-45(37-15-11-13-17-56(37)68-57)29-52(42)66-53-31-47-40(28-50(53)64-58(38)59(39)66)36-14-10-12-16-46(36)63(47,8)9/h10-23,26-33,65H,24-25H2,1-9H3. The molecule has 3 nitrogen and oxygen atoms in total. The van der Waals surface area contributed by atoms with Crippen molar-refractivity contribution in [3.05, 3.63) is 161 Å². The average molecular weight is 898 g/mol. The summed E-state index contributed by atoms with van der Waals surface area (Å²) >= 11 is 1.90. The molecule has 1 aliphatic heterocycles. The molecule has 68 heavy (non-hydrogen) atoms. The minimum atomic E-state index is -0.124. The van der Waals surface area contributed by atoms with Crippen LogP contribution in [0.25, 0.3) is 91.9 Å². The Morgan fingerprint density at radius 2 is 1.28 bits per heavy atom. The lowest BCUT2D eigenvalue weighted by Gasteiger charge is -2.41. The number of thiophene rings is 1. The third kappa shape index (κ3) is 5.54. The van der Waals surface area contributed by atoms with E-state index in [4.69, 9.17) is 4.42 Å². The van der Waals surface area contributed by atoms with Crippen LogP contribution in [0.15, 0.2) is 138 Å². The van der Waals surface area contributed by atoms with E-state index >= 15 is 0 Å². The Labute approximate surface area is 403 Å². The van der Waals surface area contributed by atoms with Gasteiger partial charge < -0.3 is 14.3 Å². The zero-order valence-corrected chi connectivity index (χ0v) is 41.3. The van der Waals surface area contributed by atoms with Gasteiger partial charge in [-0.05, 0) is 134 Å². The number of fused-ring (bicyclic) bond motifs is 15. The topological polar surface area (TPSA) is 30.1 Å². The fraction of sp³-hybridized carbons (Fsp3) is 0.238. The van der Waals surface area contributed by atoms with Crippen LogP contribution < -0.4 is 16.2 Å². The normalized spacial score (nSPS) is 16.4. The summed E-state index contributed by atoms with van der Waals surface area (Å²) in [6.07, 6.45) is 2.32. The lowest BCUT2D eigenvalue weighted by molar-refractivity contribution is 0.332. The number of nitrogens with one attached hydrogen (secondary N) is 1. The number of furan rings is 1. The van der Waals surface area contributed by atoms with Crippen molar-refractivity contribution in [1.82, 2.24) is 4.57 Å². The number of anilines is 2. The summed E-state index contributed by atoms with van der Waals surface area (Å²) in [6, 6.07) is 51.2. The maximum Gasteiger partial charge on any atom is 0.197 e. The zero-order chi connectivity index (χ0) is 46.4. The summed E-state index contributed by atoms with van der Waals surface area (Å²) in [6.45, 7) is 21.2. The van der Waals surface area contributed by atoms with Crippen LogP contribution in [-0.4, -0.2) is 11.8 Å². The lowest BCUT2D eigenvalue weighted by atomic mass is 9.58. The van der Waals surface area contributed by atoms with Crippen molar-refractivity contribution in [2.75, 3.05) is 5.32 Å². The van der Waals surface area contributed by atoms with Gasteiger partial charge in [0.1, 0.15) is 11.2 Å². The SMILES string of the molecule is CC(C)(C)c1ccc(Nc2cc3oc4cc5c(cc4c3cc2-c2ccc3c4cc6sc7ccccc7c6cc4n4c3c2[B]c2cc3c(cc2-4)C(C)(C)c2ccccc2-3)C(C)(C)CCC5(C)C)cc1. The third-order valence-corrected chi connectivity index (χ3v) is 17.8. The summed E-state index contributed by atoms with van der Waals surface area (Å²) in [5.74, 6) is 0. The van der Waals surface area contributed by atoms with Crippen LogP contribution in [-0.2, 0) is 21.7 Å².